The lowest BCUT2D eigenvalue weighted by molar-refractivity contribution is -0.126. The Bertz CT molecular complexity index is 589. The van der Waals surface area contributed by atoms with Crippen molar-refractivity contribution in [2.75, 3.05) is 6.61 Å². The summed E-state index contributed by atoms with van der Waals surface area (Å²) in [6.07, 6.45) is 4.61. The van der Waals surface area contributed by atoms with Crippen molar-refractivity contribution in [3.63, 3.8) is 0 Å². The third-order valence-electron chi connectivity index (χ3n) is 5.54. The molecule has 26 heavy (non-hydrogen) atoms. The fourth-order valence-electron chi connectivity index (χ4n) is 3.90. The van der Waals surface area contributed by atoms with E-state index in [0.29, 0.717) is 30.7 Å². The number of benzene rings is 1. The number of fused-ring (bicyclic) bond motifs is 2. The minimum absolute atomic E-state index is 0. The molecule has 3 rings (SSSR count). The van der Waals surface area contributed by atoms with E-state index in [9.17, 15) is 4.79 Å². The van der Waals surface area contributed by atoms with Gasteiger partial charge in [0.1, 0.15) is 5.75 Å². The van der Waals surface area contributed by atoms with Gasteiger partial charge in [-0.1, -0.05) is 26.0 Å². The molecule has 2 fully saturated rings. The van der Waals surface area contributed by atoms with Crippen LogP contribution < -0.4 is 15.4 Å². The molecular weight excluding hydrogens is 348 g/mol. The average Bonchev–Trinajstić information content (AvgIpc) is 2.91. The van der Waals surface area contributed by atoms with Crippen molar-refractivity contribution in [3.8, 4) is 5.75 Å². The van der Waals surface area contributed by atoms with Crippen molar-refractivity contribution in [2.45, 2.75) is 76.9 Å². The van der Waals surface area contributed by atoms with Crippen LogP contribution in [0.4, 0.5) is 0 Å². The zero-order valence-corrected chi connectivity index (χ0v) is 17.2. The smallest absolute Gasteiger partial charge is 0.230 e. The molecule has 2 aliphatic rings. The van der Waals surface area contributed by atoms with Gasteiger partial charge in [0.15, 0.2) is 0 Å². The molecule has 5 heteroatoms. The zero-order chi connectivity index (χ0) is 18.0. The standard InChI is InChI=1S/C21H32N2O2.ClH/c1-14(2)13-25-19-9-5-15(6-10-19)21(3,4)20(24)23-18-11-16-7-8-17(12-18)22-16;/h5-6,9-10,14,16-18,22H,7-8,11-13H2,1-4H3,(H,23,24);1H. The molecule has 1 aromatic carbocycles. The van der Waals surface area contributed by atoms with E-state index in [-0.39, 0.29) is 18.3 Å². The maximum atomic E-state index is 12.9. The Morgan fingerprint density at radius 3 is 2.31 bits per heavy atom. The Morgan fingerprint density at radius 1 is 1.19 bits per heavy atom. The minimum Gasteiger partial charge on any atom is -0.493 e. The summed E-state index contributed by atoms with van der Waals surface area (Å²) >= 11 is 0. The molecule has 2 saturated heterocycles. The summed E-state index contributed by atoms with van der Waals surface area (Å²) in [5, 5.41) is 6.93. The van der Waals surface area contributed by atoms with Crippen LogP contribution in [0.5, 0.6) is 5.75 Å². The molecular formula is C21H33ClN2O2. The van der Waals surface area contributed by atoms with Gasteiger partial charge in [0.25, 0.3) is 0 Å². The molecule has 0 saturated carbocycles. The molecule has 0 radical (unpaired) electrons. The van der Waals surface area contributed by atoms with Crippen LogP contribution in [0.15, 0.2) is 24.3 Å². The van der Waals surface area contributed by atoms with Crippen LogP contribution >= 0.6 is 12.4 Å². The number of halogens is 1. The van der Waals surface area contributed by atoms with E-state index in [1.54, 1.807) is 0 Å². The SMILES string of the molecule is CC(C)COc1ccc(C(C)(C)C(=O)NC2CC3CCC(C2)N3)cc1.Cl. The topological polar surface area (TPSA) is 50.4 Å². The molecule has 2 unspecified atom stereocenters. The summed E-state index contributed by atoms with van der Waals surface area (Å²) in [5.74, 6) is 1.49. The zero-order valence-electron chi connectivity index (χ0n) is 16.4. The van der Waals surface area contributed by atoms with Gasteiger partial charge in [-0.05, 0) is 63.1 Å². The van der Waals surface area contributed by atoms with Crippen LogP contribution in [0, 0.1) is 5.92 Å². The third kappa shape index (κ3) is 4.92. The minimum atomic E-state index is -0.541. The normalized spacial score (nSPS) is 24.9. The Balaban J connectivity index is 0.00000243. The number of nitrogens with one attached hydrogen (secondary N) is 2. The van der Waals surface area contributed by atoms with Gasteiger partial charge in [0, 0.05) is 18.1 Å². The van der Waals surface area contributed by atoms with Crippen molar-refractivity contribution in [2.24, 2.45) is 5.92 Å². The molecule has 2 atom stereocenters. The quantitative estimate of drug-likeness (QED) is 0.788. The van der Waals surface area contributed by atoms with E-state index in [1.165, 1.54) is 12.8 Å². The van der Waals surface area contributed by atoms with E-state index in [1.807, 2.05) is 38.1 Å². The maximum Gasteiger partial charge on any atom is 0.230 e. The Kier molecular flexibility index (Phi) is 6.98. The van der Waals surface area contributed by atoms with Crippen LogP contribution in [0.2, 0.25) is 0 Å². The van der Waals surface area contributed by atoms with Gasteiger partial charge < -0.3 is 15.4 Å². The van der Waals surface area contributed by atoms with Gasteiger partial charge in [-0.2, -0.15) is 0 Å². The fraction of sp³-hybridized carbons (Fsp3) is 0.667. The Labute approximate surface area is 163 Å². The van der Waals surface area contributed by atoms with Gasteiger partial charge in [-0.15, -0.1) is 12.4 Å². The second-order valence-corrected chi connectivity index (χ2v) is 8.63. The number of hydrogen-bond acceptors (Lipinski definition) is 3. The van der Waals surface area contributed by atoms with Crippen LogP contribution in [0.1, 0.15) is 58.9 Å². The number of carbonyl (C=O) groups excluding carboxylic acids is 1. The first kappa shape index (κ1) is 21.0. The first-order valence-corrected chi connectivity index (χ1v) is 9.65. The van der Waals surface area contributed by atoms with E-state index in [2.05, 4.69) is 24.5 Å². The van der Waals surface area contributed by atoms with Gasteiger partial charge in [0.05, 0.1) is 12.0 Å². The summed E-state index contributed by atoms with van der Waals surface area (Å²) in [6.45, 7) is 8.98. The van der Waals surface area contributed by atoms with Crippen LogP contribution in [-0.2, 0) is 10.2 Å². The van der Waals surface area contributed by atoms with Gasteiger partial charge in [-0.25, -0.2) is 0 Å². The lowest BCUT2D eigenvalue weighted by atomic mass is 9.83. The number of piperidine rings is 1. The molecule has 2 N–H and O–H groups in total. The Morgan fingerprint density at radius 2 is 1.77 bits per heavy atom. The number of ether oxygens (including phenoxy) is 1. The van der Waals surface area contributed by atoms with Crippen LogP contribution in [0.3, 0.4) is 0 Å². The highest BCUT2D eigenvalue weighted by molar-refractivity contribution is 5.87. The molecule has 146 valence electrons. The highest BCUT2D eigenvalue weighted by atomic mass is 35.5. The molecule has 2 bridgehead atoms. The van der Waals surface area contributed by atoms with Crippen molar-refractivity contribution >= 4 is 18.3 Å². The second kappa shape index (κ2) is 8.62. The predicted molar refractivity (Wildman–Crippen MR) is 108 cm³/mol. The molecule has 0 aliphatic carbocycles. The van der Waals surface area contributed by atoms with Crippen LogP contribution in [-0.4, -0.2) is 30.6 Å². The van der Waals surface area contributed by atoms with E-state index in [4.69, 9.17) is 4.74 Å². The molecule has 2 heterocycles. The van der Waals surface area contributed by atoms with Crippen molar-refractivity contribution < 1.29 is 9.53 Å². The number of rotatable bonds is 6. The fourth-order valence-corrected chi connectivity index (χ4v) is 3.90. The molecule has 2 aliphatic heterocycles. The van der Waals surface area contributed by atoms with Crippen molar-refractivity contribution in [1.29, 1.82) is 0 Å². The first-order chi connectivity index (χ1) is 11.8. The van der Waals surface area contributed by atoms with E-state index < -0.39 is 5.41 Å². The monoisotopic (exact) mass is 380 g/mol. The van der Waals surface area contributed by atoms with E-state index >= 15 is 0 Å². The molecule has 1 amide bonds. The second-order valence-electron chi connectivity index (χ2n) is 8.63. The van der Waals surface area contributed by atoms with Crippen LogP contribution in [0.25, 0.3) is 0 Å². The summed E-state index contributed by atoms with van der Waals surface area (Å²) in [7, 11) is 0. The summed E-state index contributed by atoms with van der Waals surface area (Å²) < 4.78 is 5.74. The van der Waals surface area contributed by atoms with Gasteiger partial charge in [0.2, 0.25) is 5.91 Å². The molecule has 0 aromatic heterocycles. The van der Waals surface area contributed by atoms with Crippen molar-refractivity contribution in [3.05, 3.63) is 29.8 Å². The maximum absolute atomic E-state index is 12.9. The van der Waals surface area contributed by atoms with E-state index in [0.717, 1.165) is 24.2 Å². The van der Waals surface area contributed by atoms with Crippen molar-refractivity contribution in [1.82, 2.24) is 10.6 Å². The highest BCUT2D eigenvalue weighted by Gasteiger charge is 2.37. The van der Waals surface area contributed by atoms with Gasteiger partial charge in [-0.3, -0.25) is 4.79 Å². The number of carbonyl (C=O) groups is 1. The lowest BCUT2D eigenvalue weighted by Crippen LogP contribution is -2.51. The summed E-state index contributed by atoms with van der Waals surface area (Å²) in [4.78, 5) is 12.9. The Hall–Kier alpha value is -1.26. The molecule has 0 spiro atoms. The lowest BCUT2D eigenvalue weighted by Gasteiger charge is -2.33. The predicted octanol–water partition coefficient (Wildman–Crippen LogP) is 3.82. The number of amides is 1. The largest absolute Gasteiger partial charge is 0.493 e. The molecule has 4 nitrogen and oxygen atoms in total. The third-order valence-corrected chi connectivity index (χ3v) is 5.54. The summed E-state index contributed by atoms with van der Waals surface area (Å²) in [6, 6.07) is 9.45. The van der Waals surface area contributed by atoms with Gasteiger partial charge >= 0.3 is 0 Å². The average molecular weight is 381 g/mol. The first-order valence-electron chi connectivity index (χ1n) is 9.65. The number of hydrogen-bond donors (Lipinski definition) is 2. The highest BCUT2D eigenvalue weighted by Crippen LogP contribution is 2.29. The molecule has 1 aromatic rings. The summed E-state index contributed by atoms with van der Waals surface area (Å²) in [5.41, 5.74) is 0.486.